The lowest BCUT2D eigenvalue weighted by Crippen LogP contribution is -2.45. The van der Waals surface area contributed by atoms with Crippen LogP contribution in [0.15, 0.2) is 27.8 Å². The van der Waals surface area contributed by atoms with Crippen molar-refractivity contribution in [3.63, 3.8) is 0 Å². The number of aromatic amines is 1. The van der Waals surface area contributed by atoms with Gasteiger partial charge in [-0.2, -0.15) is 0 Å². The van der Waals surface area contributed by atoms with E-state index < -0.39 is 11.2 Å². The molecule has 2 aromatic rings. The van der Waals surface area contributed by atoms with E-state index in [0.29, 0.717) is 16.6 Å². The van der Waals surface area contributed by atoms with Crippen LogP contribution in [-0.2, 0) is 11.3 Å². The molecule has 3 N–H and O–H groups in total. The van der Waals surface area contributed by atoms with Gasteiger partial charge in [0, 0.05) is 19.1 Å². The standard InChI is InChI=1S/C22H29Cl2N5O3/c1-3-5-11-29-20(25)19(21(31)26-22(29)32)28(4-2)18(30)13-27-10-6-7-17(27)14-8-9-15(23)16(24)12-14/h8-9,12,17H,3-7,10-11,13,25H2,1-2H3,(H,26,31,32). The molecule has 0 radical (unpaired) electrons. The Labute approximate surface area is 196 Å². The highest BCUT2D eigenvalue weighted by molar-refractivity contribution is 6.42. The molecular weight excluding hydrogens is 453 g/mol. The molecule has 1 aliphatic rings. The maximum Gasteiger partial charge on any atom is 0.330 e. The van der Waals surface area contributed by atoms with Gasteiger partial charge < -0.3 is 10.6 Å². The second-order valence-electron chi connectivity index (χ2n) is 7.94. The summed E-state index contributed by atoms with van der Waals surface area (Å²) in [5, 5.41) is 0.965. The average molecular weight is 482 g/mol. The smallest absolute Gasteiger partial charge is 0.330 e. The number of halogens is 2. The monoisotopic (exact) mass is 481 g/mol. The summed E-state index contributed by atoms with van der Waals surface area (Å²) in [6.07, 6.45) is 3.42. The Morgan fingerprint density at radius 2 is 2.00 bits per heavy atom. The fourth-order valence-electron chi connectivity index (χ4n) is 4.21. The molecule has 1 amide bonds. The van der Waals surface area contributed by atoms with Crippen LogP contribution in [0.25, 0.3) is 0 Å². The zero-order valence-corrected chi connectivity index (χ0v) is 19.9. The highest BCUT2D eigenvalue weighted by atomic mass is 35.5. The summed E-state index contributed by atoms with van der Waals surface area (Å²) in [6, 6.07) is 5.55. The SMILES string of the molecule is CCCCn1c(N)c(N(CC)C(=O)CN2CCCC2c2ccc(Cl)c(Cl)c2)c(=O)[nH]c1=O. The summed E-state index contributed by atoms with van der Waals surface area (Å²) in [4.78, 5) is 43.8. The van der Waals surface area contributed by atoms with E-state index in [2.05, 4.69) is 9.88 Å². The Morgan fingerprint density at radius 1 is 1.25 bits per heavy atom. The van der Waals surface area contributed by atoms with Gasteiger partial charge in [-0.1, -0.05) is 42.6 Å². The molecule has 32 heavy (non-hydrogen) atoms. The van der Waals surface area contributed by atoms with Gasteiger partial charge in [-0.25, -0.2) is 4.79 Å². The molecule has 0 saturated carbocycles. The van der Waals surface area contributed by atoms with Crippen molar-refractivity contribution in [2.24, 2.45) is 0 Å². The van der Waals surface area contributed by atoms with E-state index in [1.54, 1.807) is 13.0 Å². The summed E-state index contributed by atoms with van der Waals surface area (Å²) < 4.78 is 1.32. The number of unbranched alkanes of at least 4 members (excludes halogenated alkanes) is 1. The van der Waals surface area contributed by atoms with E-state index in [9.17, 15) is 14.4 Å². The lowest BCUT2D eigenvalue weighted by Gasteiger charge is -2.28. The minimum atomic E-state index is -0.655. The zero-order valence-electron chi connectivity index (χ0n) is 18.4. The number of nitrogens with two attached hydrogens (primary N) is 1. The van der Waals surface area contributed by atoms with Gasteiger partial charge in [0.15, 0.2) is 5.69 Å². The number of carbonyl (C=O) groups excluding carboxylic acids is 1. The predicted molar refractivity (Wildman–Crippen MR) is 129 cm³/mol. The molecule has 1 atom stereocenters. The Bertz CT molecular complexity index is 1100. The number of anilines is 2. The lowest BCUT2D eigenvalue weighted by molar-refractivity contribution is -0.119. The first-order valence-electron chi connectivity index (χ1n) is 10.9. The highest BCUT2D eigenvalue weighted by Crippen LogP contribution is 2.35. The summed E-state index contributed by atoms with van der Waals surface area (Å²) in [5.41, 5.74) is 6.01. The van der Waals surface area contributed by atoms with E-state index >= 15 is 0 Å². The van der Waals surface area contributed by atoms with E-state index in [-0.39, 0.29) is 36.5 Å². The first kappa shape index (κ1) is 24.4. The molecule has 1 saturated heterocycles. The van der Waals surface area contributed by atoms with Crippen molar-refractivity contribution in [2.75, 3.05) is 30.3 Å². The van der Waals surface area contributed by atoms with Crippen LogP contribution in [0.3, 0.4) is 0 Å². The van der Waals surface area contributed by atoms with E-state index in [1.165, 1.54) is 9.47 Å². The minimum absolute atomic E-state index is 0.0184. The number of aromatic nitrogens is 2. The first-order chi connectivity index (χ1) is 15.3. The summed E-state index contributed by atoms with van der Waals surface area (Å²) >= 11 is 12.2. The normalized spacial score (nSPS) is 16.4. The van der Waals surface area contributed by atoms with Crippen LogP contribution in [0.1, 0.15) is 51.1 Å². The molecular formula is C22H29Cl2N5O3. The second-order valence-corrected chi connectivity index (χ2v) is 8.75. The van der Waals surface area contributed by atoms with Gasteiger partial charge in [-0.15, -0.1) is 0 Å². The lowest BCUT2D eigenvalue weighted by atomic mass is 10.0. The van der Waals surface area contributed by atoms with Crippen LogP contribution >= 0.6 is 23.2 Å². The van der Waals surface area contributed by atoms with Crippen molar-refractivity contribution in [3.05, 3.63) is 54.6 Å². The van der Waals surface area contributed by atoms with Gasteiger partial charge >= 0.3 is 5.69 Å². The molecule has 1 aromatic heterocycles. The topological polar surface area (TPSA) is 104 Å². The van der Waals surface area contributed by atoms with Crippen molar-refractivity contribution in [2.45, 2.75) is 52.1 Å². The number of likely N-dealkylation sites (N-methyl/N-ethyl adjacent to an activating group) is 1. The molecule has 1 aromatic carbocycles. The summed E-state index contributed by atoms with van der Waals surface area (Å²) in [5.74, 6) is -0.234. The maximum absolute atomic E-state index is 13.3. The molecule has 174 valence electrons. The molecule has 10 heteroatoms. The van der Waals surface area contributed by atoms with Gasteiger partial charge in [-0.3, -0.25) is 24.0 Å². The number of amides is 1. The number of nitrogen functional groups attached to an aromatic ring is 1. The van der Waals surface area contributed by atoms with Crippen LogP contribution in [0.5, 0.6) is 0 Å². The van der Waals surface area contributed by atoms with Gasteiger partial charge in [-0.05, 0) is 50.4 Å². The van der Waals surface area contributed by atoms with E-state index in [4.69, 9.17) is 28.9 Å². The van der Waals surface area contributed by atoms with Gasteiger partial charge in [0.2, 0.25) is 5.91 Å². The van der Waals surface area contributed by atoms with Crippen LogP contribution < -0.4 is 21.9 Å². The van der Waals surface area contributed by atoms with Crippen molar-refractivity contribution in [1.82, 2.24) is 14.5 Å². The Balaban J connectivity index is 1.87. The third kappa shape index (κ3) is 5.03. The highest BCUT2D eigenvalue weighted by Gasteiger charge is 2.31. The van der Waals surface area contributed by atoms with Crippen molar-refractivity contribution in [3.8, 4) is 0 Å². The predicted octanol–water partition coefficient (Wildman–Crippen LogP) is 3.42. The molecule has 1 aliphatic heterocycles. The Morgan fingerprint density at radius 3 is 2.66 bits per heavy atom. The van der Waals surface area contributed by atoms with Gasteiger partial charge in [0.25, 0.3) is 5.56 Å². The third-order valence-corrected chi connectivity index (χ3v) is 6.61. The average Bonchev–Trinajstić information content (AvgIpc) is 3.20. The number of nitrogens with one attached hydrogen (secondary N) is 1. The number of H-pyrrole nitrogens is 1. The van der Waals surface area contributed by atoms with Gasteiger partial charge in [0.1, 0.15) is 5.82 Å². The second kappa shape index (κ2) is 10.6. The quantitative estimate of drug-likeness (QED) is 0.600. The maximum atomic E-state index is 13.3. The number of hydrogen-bond donors (Lipinski definition) is 2. The van der Waals surface area contributed by atoms with Crippen molar-refractivity contribution < 1.29 is 4.79 Å². The fraction of sp³-hybridized carbons (Fsp3) is 0.500. The number of rotatable bonds is 8. The van der Waals surface area contributed by atoms with E-state index in [0.717, 1.165) is 37.8 Å². The number of nitrogens with zero attached hydrogens (tertiary/aromatic N) is 3. The molecule has 8 nitrogen and oxygen atoms in total. The first-order valence-corrected chi connectivity index (χ1v) is 11.7. The molecule has 0 bridgehead atoms. The Hall–Kier alpha value is -2.29. The number of hydrogen-bond acceptors (Lipinski definition) is 5. The molecule has 3 rings (SSSR count). The van der Waals surface area contributed by atoms with Crippen molar-refractivity contribution >= 4 is 40.6 Å². The zero-order chi connectivity index (χ0) is 23.4. The molecule has 2 heterocycles. The number of benzene rings is 1. The summed E-state index contributed by atoms with van der Waals surface area (Å²) in [7, 11) is 0. The number of carbonyl (C=O) groups is 1. The largest absolute Gasteiger partial charge is 0.383 e. The van der Waals surface area contributed by atoms with Gasteiger partial charge in [0.05, 0.1) is 16.6 Å². The van der Waals surface area contributed by atoms with E-state index in [1.807, 2.05) is 19.1 Å². The molecule has 0 spiro atoms. The third-order valence-electron chi connectivity index (χ3n) is 5.87. The van der Waals surface area contributed by atoms with Crippen LogP contribution in [-0.4, -0.2) is 40.0 Å². The molecule has 1 unspecified atom stereocenters. The van der Waals surface area contributed by atoms with Crippen LogP contribution in [0.4, 0.5) is 11.5 Å². The molecule has 1 fully saturated rings. The fourth-order valence-corrected chi connectivity index (χ4v) is 4.51. The summed E-state index contributed by atoms with van der Waals surface area (Å²) in [6.45, 7) is 5.27. The Kier molecular flexibility index (Phi) is 8.03. The number of likely N-dealkylation sites (tertiary alicyclic amines) is 1. The minimum Gasteiger partial charge on any atom is -0.383 e. The molecule has 0 aliphatic carbocycles. The van der Waals surface area contributed by atoms with Crippen LogP contribution in [0.2, 0.25) is 10.0 Å². The van der Waals surface area contributed by atoms with Crippen LogP contribution in [0, 0.1) is 0 Å². The van der Waals surface area contributed by atoms with Crippen molar-refractivity contribution in [1.29, 1.82) is 0 Å².